The highest BCUT2D eigenvalue weighted by Crippen LogP contribution is 2.16. The van der Waals surface area contributed by atoms with Gasteiger partial charge in [-0.15, -0.1) is 0 Å². The predicted molar refractivity (Wildman–Crippen MR) is 70.0 cm³/mol. The Morgan fingerprint density at radius 3 is 2.75 bits per heavy atom. The van der Waals surface area contributed by atoms with Crippen molar-refractivity contribution in [2.75, 3.05) is 18.1 Å². The standard InChI is InChI=1S/C11H23N3OS/c1-2-16(15)9-8-13-11(12)14-10-6-4-3-5-7-10/h10H,2-9H2,1H3,(H3,12,13,14). The van der Waals surface area contributed by atoms with Crippen LogP contribution < -0.4 is 11.1 Å². The van der Waals surface area contributed by atoms with E-state index >= 15 is 0 Å². The van der Waals surface area contributed by atoms with Gasteiger partial charge in [0, 0.05) is 28.3 Å². The number of hydrogen-bond acceptors (Lipinski definition) is 2. The van der Waals surface area contributed by atoms with Crippen LogP contribution in [0.25, 0.3) is 0 Å². The third-order valence-electron chi connectivity index (χ3n) is 2.88. The maximum Gasteiger partial charge on any atom is 0.188 e. The van der Waals surface area contributed by atoms with Crippen LogP contribution in [0.4, 0.5) is 0 Å². The molecule has 0 radical (unpaired) electrons. The van der Waals surface area contributed by atoms with E-state index in [4.69, 9.17) is 5.73 Å². The van der Waals surface area contributed by atoms with Crippen molar-refractivity contribution < 1.29 is 4.21 Å². The van der Waals surface area contributed by atoms with Crippen molar-refractivity contribution in [1.82, 2.24) is 5.32 Å². The molecular formula is C11H23N3OS. The van der Waals surface area contributed by atoms with Crippen LogP contribution in [0.2, 0.25) is 0 Å². The first-order valence-corrected chi connectivity index (χ1v) is 7.62. The van der Waals surface area contributed by atoms with Crippen molar-refractivity contribution in [2.45, 2.75) is 45.1 Å². The van der Waals surface area contributed by atoms with E-state index in [-0.39, 0.29) is 0 Å². The summed E-state index contributed by atoms with van der Waals surface area (Å²) in [6.07, 6.45) is 6.29. The monoisotopic (exact) mass is 245 g/mol. The van der Waals surface area contributed by atoms with Crippen molar-refractivity contribution in [1.29, 1.82) is 0 Å². The maximum absolute atomic E-state index is 11.2. The Labute approximate surface area is 101 Å². The molecule has 0 aromatic rings. The van der Waals surface area contributed by atoms with Crippen LogP contribution in [-0.2, 0) is 10.8 Å². The Morgan fingerprint density at radius 2 is 2.12 bits per heavy atom. The smallest absolute Gasteiger partial charge is 0.188 e. The third-order valence-corrected chi connectivity index (χ3v) is 4.16. The molecule has 0 aromatic heterocycles. The summed E-state index contributed by atoms with van der Waals surface area (Å²) in [5.74, 6) is 1.83. The topological polar surface area (TPSA) is 67.5 Å². The zero-order chi connectivity index (χ0) is 11.8. The lowest BCUT2D eigenvalue weighted by molar-refractivity contribution is 0.412. The van der Waals surface area contributed by atoms with E-state index in [9.17, 15) is 4.21 Å². The predicted octanol–water partition coefficient (Wildman–Crippen LogP) is 0.992. The first-order chi connectivity index (χ1) is 7.72. The Kier molecular flexibility index (Phi) is 6.45. The molecular weight excluding hydrogens is 222 g/mol. The lowest BCUT2D eigenvalue weighted by Gasteiger charge is -2.23. The number of rotatable bonds is 5. The third kappa shape index (κ3) is 5.49. The van der Waals surface area contributed by atoms with Crippen LogP contribution in [0.3, 0.4) is 0 Å². The van der Waals surface area contributed by atoms with E-state index in [2.05, 4.69) is 10.3 Å². The van der Waals surface area contributed by atoms with Gasteiger partial charge < -0.3 is 11.1 Å². The molecule has 3 N–H and O–H groups in total. The molecule has 1 aliphatic rings. The molecule has 0 amide bonds. The summed E-state index contributed by atoms with van der Waals surface area (Å²) in [7, 11) is -0.741. The lowest BCUT2D eigenvalue weighted by atomic mass is 9.96. The molecule has 1 unspecified atom stereocenters. The highest BCUT2D eigenvalue weighted by Gasteiger charge is 2.13. The quantitative estimate of drug-likeness (QED) is 0.561. The summed E-state index contributed by atoms with van der Waals surface area (Å²) in [6.45, 7) is 2.48. The van der Waals surface area contributed by atoms with Crippen LogP contribution in [-0.4, -0.2) is 34.3 Å². The maximum atomic E-state index is 11.2. The molecule has 0 saturated heterocycles. The molecule has 1 fully saturated rings. The molecule has 1 atom stereocenters. The molecule has 94 valence electrons. The molecule has 0 spiro atoms. The second-order valence-electron chi connectivity index (χ2n) is 4.18. The Balaban J connectivity index is 2.19. The molecule has 1 rings (SSSR count). The van der Waals surface area contributed by atoms with E-state index in [1.54, 1.807) is 0 Å². The second kappa shape index (κ2) is 7.65. The van der Waals surface area contributed by atoms with Crippen LogP contribution in [0.1, 0.15) is 39.0 Å². The van der Waals surface area contributed by atoms with Gasteiger partial charge in [0.15, 0.2) is 5.96 Å². The zero-order valence-electron chi connectivity index (χ0n) is 10.1. The highest BCUT2D eigenvalue weighted by atomic mass is 32.2. The van der Waals surface area contributed by atoms with E-state index in [0.29, 0.717) is 30.1 Å². The van der Waals surface area contributed by atoms with Crippen molar-refractivity contribution in [3.8, 4) is 0 Å². The Morgan fingerprint density at radius 1 is 1.44 bits per heavy atom. The number of nitrogens with zero attached hydrogens (tertiary/aromatic N) is 1. The van der Waals surface area contributed by atoms with Crippen molar-refractivity contribution in [3.05, 3.63) is 0 Å². The Hall–Kier alpha value is -0.580. The van der Waals surface area contributed by atoms with Gasteiger partial charge in [-0.25, -0.2) is 0 Å². The fourth-order valence-electron chi connectivity index (χ4n) is 1.91. The zero-order valence-corrected chi connectivity index (χ0v) is 10.9. The summed E-state index contributed by atoms with van der Waals surface area (Å²) in [6, 6.07) is 0.495. The average molecular weight is 245 g/mol. The van der Waals surface area contributed by atoms with Crippen molar-refractivity contribution >= 4 is 16.8 Å². The summed E-state index contributed by atoms with van der Waals surface area (Å²) in [5.41, 5.74) is 5.77. The Bertz CT molecular complexity index is 250. The van der Waals surface area contributed by atoms with E-state index in [1.165, 1.54) is 32.1 Å². The van der Waals surface area contributed by atoms with Gasteiger partial charge in [-0.05, 0) is 12.8 Å². The number of hydrogen-bond donors (Lipinski definition) is 2. The molecule has 1 aliphatic carbocycles. The molecule has 0 aromatic carbocycles. The number of aliphatic imine (C=N–C) groups is 1. The number of guanidine groups is 1. The first kappa shape index (κ1) is 13.5. The molecule has 4 nitrogen and oxygen atoms in total. The minimum atomic E-state index is -0.741. The number of nitrogens with two attached hydrogens (primary N) is 1. The second-order valence-corrected chi connectivity index (χ2v) is 6.04. The first-order valence-electron chi connectivity index (χ1n) is 6.13. The lowest BCUT2D eigenvalue weighted by Crippen LogP contribution is -2.41. The van der Waals surface area contributed by atoms with E-state index in [1.807, 2.05) is 6.92 Å². The van der Waals surface area contributed by atoms with Gasteiger partial charge in [0.1, 0.15) is 0 Å². The molecule has 16 heavy (non-hydrogen) atoms. The average Bonchev–Trinajstić information content (AvgIpc) is 2.30. The summed E-state index contributed by atoms with van der Waals surface area (Å²) < 4.78 is 11.2. The SMILES string of the molecule is CCS(=O)CCN=C(N)NC1CCCCC1. The normalized spacial score (nSPS) is 20.7. The van der Waals surface area contributed by atoms with Gasteiger partial charge in [0.05, 0.1) is 6.54 Å². The van der Waals surface area contributed by atoms with Gasteiger partial charge in [0.25, 0.3) is 0 Å². The van der Waals surface area contributed by atoms with Crippen molar-refractivity contribution in [3.63, 3.8) is 0 Å². The van der Waals surface area contributed by atoms with E-state index < -0.39 is 10.8 Å². The van der Waals surface area contributed by atoms with Crippen LogP contribution in [0.5, 0.6) is 0 Å². The largest absolute Gasteiger partial charge is 0.370 e. The van der Waals surface area contributed by atoms with Gasteiger partial charge >= 0.3 is 0 Å². The van der Waals surface area contributed by atoms with E-state index in [0.717, 1.165) is 0 Å². The van der Waals surface area contributed by atoms with Crippen LogP contribution in [0, 0.1) is 0 Å². The molecule has 0 bridgehead atoms. The fourth-order valence-corrected chi connectivity index (χ4v) is 2.50. The molecule has 1 saturated carbocycles. The number of nitrogens with one attached hydrogen (secondary N) is 1. The summed E-state index contributed by atoms with van der Waals surface area (Å²) in [4.78, 5) is 4.20. The van der Waals surface area contributed by atoms with Gasteiger partial charge in [0.2, 0.25) is 0 Å². The molecule has 0 heterocycles. The highest BCUT2D eigenvalue weighted by molar-refractivity contribution is 7.84. The fraction of sp³-hybridized carbons (Fsp3) is 0.909. The molecule has 5 heteroatoms. The minimum Gasteiger partial charge on any atom is -0.370 e. The van der Waals surface area contributed by atoms with Gasteiger partial charge in [-0.1, -0.05) is 26.2 Å². The summed E-state index contributed by atoms with van der Waals surface area (Å²) >= 11 is 0. The minimum absolute atomic E-state index is 0.495. The van der Waals surface area contributed by atoms with Gasteiger partial charge in [-0.3, -0.25) is 9.20 Å². The van der Waals surface area contributed by atoms with Gasteiger partial charge in [-0.2, -0.15) is 0 Å². The van der Waals surface area contributed by atoms with Crippen LogP contribution >= 0.6 is 0 Å². The van der Waals surface area contributed by atoms with Crippen LogP contribution in [0.15, 0.2) is 4.99 Å². The summed E-state index contributed by atoms with van der Waals surface area (Å²) in [5, 5.41) is 3.24. The van der Waals surface area contributed by atoms with Crippen molar-refractivity contribution in [2.24, 2.45) is 10.7 Å². The molecule has 0 aliphatic heterocycles.